The SMILES string of the molecule is Cc1cc(CNC(=O)N(C)[C@@H]2CCCN(C(=O)c3nccs3)C2)ccc1Cl. The Morgan fingerprint density at radius 3 is 2.96 bits per heavy atom. The Morgan fingerprint density at radius 1 is 1.44 bits per heavy atom. The van der Waals surface area contributed by atoms with Crippen LogP contribution in [0.3, 0.4) is 0 Å². The number of carbonyl (C=O) groups excluding carboxylic acids is 2. The van der Waals surface area contributed by atoms with Crippen molar-refractivity contribution in [3.8, 4) is 0 Å². The van der Waals surface area contributed by atoms with Crippen molar-refractivity contribution < 1.29 is 9.59 Å². The molecule has 1 aromatic heterocycles. The van der Waals surface area contributed by atoms with Gasteiger partial charge in [-0.2, -0.15) is 0 Å². The molecule has 1 aliphatic rings. The zero-order chi connectivity index (χ0) is 19.4. The van der Waals surface area contributed by atoms with Gasteiger partial charge >= 0.3 is 6.03 Å². The molecule has 8 heteroatoms. The number of thiazole rings is 1. The number of carbonyl (C=O) groups is 2. The molecule has 1 aromatic carbocycles. The molecule has 1 aliphatic heterocycles. The molecule has 1 saturated heterocycles. The van der Waals surface area contributed by atoms with Crippen LogP contribution in [0.25, 0.3) is 0 Å². The minimum Gasteiger partial charge on any atom is -0.335 e. The number of amides is 3. The zero-order valence-electron chi connectivity index (χ0n) is 15.4. The van der Waals surface area contributed by atoms with E-state index < -0.39 is 0 Å². The van der Waals surface area contributed by atoms with Gasteiger partial charge in [0.25, 0.3) is 5.91 Å². The molecule has 6 nitrogen and oxygen atoms in total. The molecule has 0 bridgehead atoms. The van der Waals surface area contributed by atoms with Crippen molar-refractivity contribution in [1.29, 1.82) is 0 Å². The van der Waals surface area contributed by atoms with E-state index in [1.165, 1.54) is 11.3 Å². The molecule has 2 heterocycles. The van der Waals surface area contributed by atoms with Crippen LogP contribution in [-0.2, 0) is 6.54 Å². The van der Waals surface area contributed by atoms with Crippen molar-refractivity contribution in [3.05, 3.63) is 50.9 Å². The van der Waals surface area contributed by atoms with Crippen LogP contribution in [0, 0.1) is 6.92 Å². The topological polar surface area (TPSA) is 65.5 Å². The molecule has 27 heavy (non-hydrogen) atoms. The number of nitrogens with one attached hydrogen (secondary N) is 1. The highest BCUT2D eigenvalue weighted by Crippen LogP contribution is 2.19. The van der Waals surface area contributed by atoms with E-state index in [2.05, 4.69) is 10.3 Å². The normalized spacial score (nSPS) is 16.9. The fourth-order valence-corrected chi connectivity index (χ4v) is 3.92. The van der Waals surface area contributed by atoms with E-state index >= 15 is 0 Å². The van der Waals surface area contributed by atoms with E-state index in [1.54, 1.807) is 28.4 Å². The Bertz CT molecular complexity index is 812. The molecule has 0 saturated carbocycles. The van der Waals surface area contributed by atoms with Crippen LogP contribution >= 0.6 is 22.9 Å². The lowest BCUT2D eigenvalue weighted by molar-refractivity contribution is 0.0636. The van der Waals surface area contributed by atoms with E-state index in [0.717, 1.165) is 29.0 Å². The first-order chi connectivity index (χ1) is 13.0. The number of urea groups is 1. The summed E-state index contributed by atoms with van der Waals surface area (Å²) in [5, 5.41) is 5.96. The third-order valence-electron chi connectivity index (χ3n) is 4.83. The lowest BCUT2D eigenvalue weighted by Gasteiger charge is -2.37. The minimum atomic E-state index is -0.142. The highest BCUT2D eigenvalue weighted by molar-refractivity contribution is 7.11. The van der Waals surface area contributed by atoms with Gasteiger partial charge in [0, 0.05) is 43.3 Å². The van der Waals surface area contributed by atoms with E-state index in [-0.39, 0.29) is 18.0 Å². The summed E-state index contributed by atoms with van der Waals surface area (Å²) in [6, 6.07) is 5.57. The van der Waals surface area contributed by atoms with Gasteiger partial charge in [-0.25, -0.2) is 9.78 Å². The predicted octanol–water partition coefficient (Wildman–Crippen LogP) is 3.55. The Labute approximate surface area is 168 Å². The molecule has 0 radical (unpaired) electrons. The number of likely N-dealkylation sites (tertiary alicyclic amines) is 1. The summed E-state index contributed by atoms with van der Waals surface area (Å²) in [6.45, 7) is 3.61. The molecule has 1 atom stereocenters. The fraction of sp³-hybridized carbons (Fsp3) is 0.421. The second kappa shape index (κ2) is 8.71. The van der Waals surface area contributed by atoms with E-state index in [0.29, 0.717) is 24.6 Å². The van der Waals surface area contributed by atoms with Crippen LogP contribution in [0.15, 0.2) is 29.8 Å². The van der Waals surface area contributed by atoms with Crippen LogP contribution in [0.4, 0.5) is 4.79 Å². The van der Waals surface area contributed by atoms with E-state index in [4.69, 9.17) is 11.6 Å². The van der Waals surface area contributed by atoms with Crippen LogP contribution < -0.4 is 5.32 Å². The largest absolute Gasteiger partial charge is 0.335 e. The van der Waals surface area contributed by atoms with Crippen molar-refractivity contribution in [2.75, 3.05) is 20.1 Å². The van der Waals surface area contributed by atoms with Gasteiger partial charge < -0.3 is 15.1 Å². The van der Waals surface area contributed by atoms with E-state index in [9.17, 15) is 9.59 Å². The van der Waals surface area contributed by atoms with Gasteiger partial charge in [0.1, 0.15) is 0 Å². The van der Waals surface area contributed by atoms with Crippen LogP contribution in [0.1, 0.15) is 33.8 Å². The number of likely N-dealkylation sites (N-methyl/N-ethyl adjacent to an activating group) is 1. The number of halogens is 1. The maximum atomic E-state index is 12.5. The Hall–Kier alpha value is -2.12. The first-order valence-corrected chi connectivity index (χ1v) is 10.2. The molecule has 1 fully saturated rings. The molecule has 2 aromatic rings. The molecule has 1 N–H and O–H groups in total. The number of aryl methyl sites for hydroxylation is 1. The quantitative estimate of drug-likeness (QED) is 0.844. The Morgan fingerprint density at radius 2 is 2.26 bits per heavy atom. The summed E-state index contributed by atoms with van der Waals surface area (Å²) in [4.78, 5) is 32.6. The molecular weight excluding hydrogens is 384 g/mol. The summed E-state index contributed by atoms with van der Waals surface area (Å²) in [7, 11) is 1.78. The highest BCUT2D eigenvalue weighted by atomic mass is 35.5. The lowest BCUT2D eigenvalue weighted by atomic mass is 10.0. The van der Waals surface area contributed by atoms with Gasteiger partial charge in [-0.05, 0) is 37.0 Å². The van der Waals surface area contributed by atoms with Gasteiger partial charge in [0.05, 0.1) is 6.04 Å². The number of hydrogen-bond acceptors (Lipinski definition) is 4. The maximum Gasteiger partial charge on any atom is 0.317 e. The Kier molecular flexibility index (Phi) is 6.34. The third-order valence-corrected chi connectivity index (χ3v) is 6.02. The molecule has 3 rings (SSSR count). The van der Waals surface area contributed by atoms with Crippen molar-refractivity contribution in [3.63, 3.8) is 0 Å². The van der Waals surface area contributed by atoms with Crippen molar-refractivity contribution in [1.82, 2.24) is 20.1 Å². The average molecular weight is 407 g/mol. The number of benzene rings is 1. The van der Waals surface area contributed by atoms with Gasteiger partial charge in [-0.3, -0.25) is 4.79 Å². The highest BCUT2D eigenvalue weighted by Gasteiger charge is 2.29. The summed E-state index contributed by atoms with van der Waals surface area (Å²) in [6.07, 6.45) is 3.39. The minimum absolute atomic E-state index is 0.00499. The first-order valence-electron chi connectivity index (χ1n) is 8.90. The summed E-state index contributed by atoms with van der Waals surface area (Å²) < 4.78 is 0. The number of aromatic nitrogens is 1. The predicted molar refractivity (Wildman–Crippen MR) is 107 cm³/mol. The van der Waals surface area contributed by atoms with Gasteiger partial charge in [0.2, 0.25) is 0 Å². The monoisotopic (exact) mass is 406 g/mol. The van der Waals surface area contributed by atoms with Gasteiger partial charge in [-0.1, -0.05) is 23.7 Å². The number of piperidine rings is 1. The molecule has 0 spiro atoms. The number of rotatable bonds is 4. The third kappa shape index (κ3) is 4.78. The molecule has 144 valence electrons. The Balaban J connectivity index is 1.55. The second-order valence-corrected chi connectivity index (χ2v) is 8.04. The molecule has 0 aliphatic carbocycles. The summed E-state index contributed by atoms with van der Waals surface area (Å²) in [5.41, 5.74) is 1.99. The molecule has 3 amide bonds. The summed E-state index contributed by atoms with van der Waals surface area (Å²) >= 11 is 7.38. The number of hydrogen-bond donors (Lipinski definition) is 1. The fourth-order valence-electron chi connectivity index (χ4n) is 3.20. The van der Waals surface area contributed by atoms with E-state index in [1.807, 2.05) is 25.1 Å². The zero-order valence-corrected chi connectivity index (χ0v) is 17.0. The van der Waals surface area contributed by atoms with Gasteiger partial charge in [-0.15, -0.1) is 11.3 Å². The van der Waals surface area contributed by atoms with Crippen LogP contribution in [0.2, 0.25) is 5.02 Å². The molecule has 0 unspecified atom stereocenters. The van der Waals surface area contributed by atoms with Crippen molar-refractivity contribution in [2.24, 2.45) is 0 Å². The van der Waals surface area contributed by atoms with Crippen LogP contribution in [0.5, 0.6) is 0 Å². The lowest BCUT2D eigenvalue weighted by Crippen LogP contribution is -2.52. The number of nitrogens with zero attached hydrogens (tertiary/aromatic N) is 3. The average Bonchev–Trinajstić information content (AvgIpc) is 3.22. The van der Waals surface area contributed by atoms with Crippen molar-refractivity contribution >= 4 is 34.9 Å². The van der Waals surface area contributed by atoms with Crippen molar-refractivity contribution in [2.45, 2.75) is 32.4 Å². The van der Waals surface area contributed by atoms with Gasteiger partial charge in [0.15, 0.2) is 5.01 Å². The molecular formula is C19H23ClN4O2S. The standard InChI is InChI=1S/C19H23ClN4O2S/c1-13-10-14(5-6-16(13)20)11-22-19(26)23(2)15-4-3-8-24(12-15)18(25)17-21-7-9-27-17/h5-7,9-10,15H,3-4,8,11-12H2,1-2H3,(H,22,26)/t15-/m1/s1. The smallest absolute Gasteiger partial charge is 0.317 e. The summed E-state index contributed by atoms with van der Waals surface area (Å²) in [5.74, 6) is -0.0554. The first kappa shape index (κ1) is 19.6. The second-order valence-electron chi connectivity index (χ2n) is 6.74. The van der Waals surface area contributed by atoms with Crippen LogP contribution in [-0.4, -0.2) is 52.9 Å². The maximum absolute atomic E-state index is 12.5.